The van der Waals surface area contributed by atoms with Crippen LogP contribution in [0, 0.1) is 0 Å². The van der Waals surface area contributed by atoms with Crippen molar-refractivity contribution in [1.82, 2.24) is 0 Å². The first kappa shape index (κ1) is 16.0. The van der Waals surface area contributed by atoms with E-state index in [0.29, 0.717) is 10.2 Å². The maximum atomic E-state index is 12.3. The molecule has 21 heavy (non-hydrogen) atoms. The van der Waals surface area contributed by atoms with E-state index in [1.54, 1.807) is 18.2 Å². The fourth-order valence-electron chi connectivity index (χ4n) is 1.57. The van der Waals surface area contributed by atoms with Crippen molar-refractivity contribution in [3.63, 3.8) is 0 Å². The van der Waals surface area contributed by atoms with Crippen LogP contribution in [0.2, 0.25) is 0 Å². The van der Waals surface area contributed by atoms with Crippen LogP contribution in [0.4, 0.5) is 5.69 Å². The molecular weight excluding hydrogens is 426 g/mol. The second kappa shape index (κ2) is 6.17. The van der Waals surface area contributed by atoms with Crippen LogP contribution in [-0.4, -0.2) is 14.4 Å². The summed E-state index contributed by atoms with van der Waals surface area (Å²) in [5, 5.41) is 10.8. The van der Waals surface area contributed by atoms with Gasteiger partial charge in [0.1, 0.15) is 0 Å². The maximum absolute atomic E-state index is 12.3. The third-order valence-corrected chi connectivity index (χ3v) is 5.07. The average Bonchev–Trinajstić information content (AvgIpc) is 2.42. The third kappa shape index (κ3) is 3.84. The largest absolute Gasteiger partial charge is 0.545 e. The molecule has 5 nitrogen and oxygen atoms in total. The van der Waals surface area contributed by atoms with Gasteiger partial charge in [-0.1, -0.05) is 28.1 Å². The minimum absolute atomic E-state index is 0.154. The Kier molecular flexibility index (Phi) is 4.70. The minimum Gasteiger partial charge on any atom is -0.545 e. The van der Waals surface area contributed by atoms with Gasteiger partial charge in [-0.05, 0) is 51.8 Å². The molecular formula is C13H8Br2NO4S-. The molecule has 8 heteroatoms. The molecule has 0 spiro atoms. The number of benzene rings is 2. The fraction of sp³-hybridized carbons (Fsp3) is 0. The first-order valence-corrected chi connectivity index (χ1v) is 8.66. The molecule has 0 aliphatic heterocycles. The van der Waals surface area contributed by atoms with Crippen molar-refractivity contribution in [2.24, 2.45) is 0 Å². The lowest BCUT2D eigenvalue weighted by Gasteiger charge is -2.11. The second-order valence-corrected chi connectivity index (χ2v) is 7.50. The number of halogens is 2. The number of rotatable bonds is 4. The van der Waals surface area contributed by atoms with Gasteiger partial charge in [-0.3, -0.25) is 4.72 Å². The number of aromatic carboxylic acids is 1. The molecule has 0 fully saturated rings. The number of carbonyl (C=O) groups excluding carboxylic acids is 1. The van der Waals surface area contributed by atoms with Crippen LogP contribution in [0.25, 0.3) is 0 Å². The molecule has 2 aromatic carbocycles. The van der Waals surface area contributed by atoms with E-state index in [0.717, 1.165) is 10.5 Å². The van der Waals surface area contributed by atoms with E-state index in [9.17, 15) is 18.3 Å². The zero-order valence-corrected chi connectivity index (χ0v) is 14.3. The van der Waals surface area contributed by atoms with Gasteiger partial charge in [0.25, 0.3) is 10.0 Å². The Labute approximate surface area is 138 Å². The highest BCUT2D eigenvalue weighted by molar-refractivity contribution is 9.11. The first-order chi connectivity index (χ1) is 9.79. The molecule has 0 aliphatic rings. The lowest BCUT2D eigenvalue weighted by molar-refractivity contribution is -0.255. The summed E-state index contributed by atoms with van der Waals surface area (Å²) >= 11 is 6.52. The Morgan fingerprint density at radius 2 is 1.81 bits per heavy atom. The van der Waals surface area contributed by atoms with Gasteiger partial charge in [0.05, 0.1) is 16.6 Å². The molecule has 0 amide bonds. The number of carbonyl (C=O) groups is 1. The summed E-state index contributed by atoms with van der Waals surface area (Å²) in [4.78, 5) is 10.6. The SMILES string of the molecule is O=C([O-])c1cccc(S(=O)(=O)Nc2ccc(Br)cc2Br)c1. The molecule has 1 N–H and O–H groups in total. The lowest BCUT2D eigenvalue weighted by Crippen LogP contribution is -2.23. The average molecular weight is 434 g/mol. The van der Waals surface area contributed by atoms with Gasteiger partial charge in [0.2, 0.25) is 0 Å². The zero-order chi connectivity index (χ0) is 15.6. The number of anilines is 1. The highest BCUT2D eigenvalue weighted by Gasteiger charge is 2.16. The van der Waals surface area contributed by atoms with E-state index in [2.05, 4.69) is 36.6 Å². The Bertz CT molecular complexity index is 806. The highest BCUT2D eigenvalue weighted by atomic mass is 79.9. The second-order valence-electron chi connectivity index (χ2n) is 4.04. The topological polar surface area (TPSA) is 86.3 Å². The highest BCUT2D eigenvalue weighted by Crippen LogP contribution is 2.28. The first-order valence-electron chi connectivity index (χ1n) is 5.59. The molecule has 0 aliphatic carbocycles. The monoisotopic (exact) mass is 432 g/mol. The van der Waals surface area contributed by atoms with Crippen molar-refractivity contribution < 1.29 is 18.3 Å². The molecule has 0 bridgehead atoms. The molecule has 2 aromatic rings. The lowest BCUT2D eigenvalue weighted by atomic mass is 10.2. The predicted octanol–water partition coefficient (Wildman–Crippen LogP) is 2.38. The van der Waals surface area contributed by atoms with Crippen molar-refractivity contribution in [3.05, 3.63) is 57.0 Å². The van der Waals surface area contributed by atoms with E-state index >= 15 is 0 Å². The molecule has 110 valence electrons. The quantitative estimate of drug-likeness (QED) is 0.801. The predicted molar refractivity (Wildman–Crippen MR) is 83.4 cm³/mol. The zero-order valence-electron chi connectivity index (χ0n) is 10.3. The molecule has 0 unspecified atom stereocenters. The van der Waals surface area contributed by atoms with Gasteiger partial charge in [-0.2, -0.15) is 0 Å². The van der Waals surface area contributed by atoms with Crippen LogP contribution >= 0.6 is 31.9 Å². The summed E-state index contributed by atoms with van der Waals surface area (Å²) < 4.78 is 28.2. The maximum Gasteiger partial charge on any atom is 0.261 e. The number of carboxylic acids is 1. The fourth-order valence-corrected chi connectivity index (χ4v) is 3.97. The molecule has 0 saturated heterocycles. The Morgan fingerprint density at radius 1 is 1.10 bits per heavy atom. The van der Waals surface area contributed by atoms with Crippen molar-refractivity contribution in [1.29, 1.82) is 0 Å². The van der Waals surface area contributed by atoms with Crippen LogP contribution in [-0.2, 0) is 10.0 Å². The summed E-state index contributed by atoms with van der Waals surface area (Å²) in [6.07, 6.45) is 0. The standard InChI is InChI=1S/C13H9Br2NO4S/c14-9-4-5-12(11(15)7-9)16-21(19,20)10-3-1-2-8(6-10)13(17)18/h1-7,16H,(H,17,18)/p-1. The van der Waals surface area contributed by atoms with Gasteiger partial charge in [0.15, 0.2) is 0 Å². The van der Waals surface area contributed by atoms with E-state index in [1.807, 2.05) is 0 Å². The van der Waals surface area contributed by atoms with Crippen LogP contribution in [0.5, 0.6) is 0 Å². The van der Waals surface area contributed by atoms with Gasteiger partial charge >= 0.3 is 0 Å². The summed E-state index contributed by atoms with van der Waals surface area (Å²) in [5.74, 6) is -1.43. The minimum atomic E-state index is -3.89. The molecule has 2 rings (SSSR count). The summed E-state index contributed by atoms with van der Waals surface area (Å²) in [6.45, 7) is 0. The number of hydrogen-bond donors (Lipinski definition) is 1. The Hall–Kier alpha value is -1.38. The molecule has 0 radical (unpaired) electrons. The molecule has 0 atom stereocenters. The van der Waals surface area contributed by atoms with Crippen LogP contribution < -0.4 is 9.83 Å². The van der Waals surface area contributed by atoms with Crippen LogP contribution in [0.15, 0.2) is 56.3 Å². The van der Waals surface area contributed by atoms with Gasteiger partial charge < -0.3 is 9.90 Å². The van der Waals surface area contributed by atoms with Crippen LogP contribution in [0.1, 0.15) is 10.4 Å². The van der Waals surface area contributed by atoms with E-state index in [4.69, 9.17) is 0 Å². The number of hydrogen-bond acceptors (Lipinski definition) is 4. The summed E-state index contributed by atoms with van der Waals surface area (Å²) in [7, 11) is -3.89. The number of carboxylic acid groups (broad SMARTS) is 1. The number of nitrogens with one attached hydrogen (secondary N) is 1. The van der Waals surface area contributed by atoms with Gasteiger partial charge in [-0.25, -0.2) is 8.42 Å². The van der Waals surface area contributed by atoms with Gasteiger partial charge in [-0.15, -0.1) is 0 Å². The van der Waals surface area contributed by atoms with Crippen LogP contribution in [0.3, 0.4) is 0 Å². The third-order valence-electron chi connectivity index (χ3n) is 2.56. The smallest absolute Gasteiger partial charge is 0.261 e. The van der Waals surface area contributed by atoms with Crippen molar-refractivity contribution in [2.45, 2.75) is 4.90 Å². The van der Waals surface area contributed by atoms with E-state index < -0.39 is 16.0 Å². The van der Waals surface area contributed by atoms with Crippen molar-refractivity contribution in [3.8, 4) is 0 Å². The molecule has 0 heterocycles. The van der Waals surface area contributed by atoms with E-state index in [-0.39, 0.29) is 10.5 Å². The molecule has 0 saturated carbocycles. The van der Waals surface area contributed by atoms with Gasteiger partial charge in [0, 0.05) is 8.95 Å². The molecule has 0 aromatic heterocycles. The summed E-state index contributed by atoms with van der Waals surface area (Å²) in [5.41, 5.74) is 0.143. The van der Waals surface area contributed by atoms with E-state index in [1.165, 1.54) is 18.2 Å². The normalized spacial score (nSPS) is 11.1. The Balaban J connectivity index is 2.38. The van der Waals surface area contributed by atoms with Crippen molar-refractivity contribution in [2.75, 3.05) is 4.72 Å². The summed E-state index contributed by atoms with van der Waals surface area (Å²) in [6, 6.07) is 9.91. The van der Waals surface area contributed by atoms with Crippen molar-refractivity contribution >= 4 is 53.5 Å². The number of sulfonamides is 1. The Morgan fingerprint density at radius 3 is 2.43 bits per heavy atom.